The van der Waals surface area contributed by atoms with Crippen LogP contribution in [0.25, 0.3) is 0 Å². The predicted molar refractivity (Wildman–Crippen MR) is 19.2 cm³/mol. The van der Waals surface area contributed by atoms with Gasteiger partial charge >= 0.3 is 55.6 Å². The zero-order valence-corrected chi connectivity index (χ0v) is 7.55. The number of nitrogens with zero attached hydrogens (tertiary/aromatic N) is 1. The Labute approximate surface area is 55.1 Å². The molecule has 0 aliphatic rings. The van der Waals surface area contributed by atoms with Gasteiger partial charge in [-0.3, -0.25) is 0 Å². The van der Waals surface area contributed by atoms with E-state index in [1.165, 1.54) is 0 Å². The van der Waals surface area contributed by atoms with Crippen LogP contribution in [0.5, 0.6) is 0 Å². The molecule has 9 nitrogen and oxygen atoms in total. The maximum absolute atomic E-state index is 9.26. The van der Waals surface area contributed by atoms with Crippen molar-refractivity contribution in [3.05, 3.63) is 10.1 Å². The molecule has 0 aromatic carbocycles. The molecule has 0 heterocycles. The van der Waals surface area contributed by atoms with E-state index < -0.39 is 37.8 Å². The molecule has 62 valence electrons. The van der Waals surface area contributed by atoms with Crippen molar-refractivity contribution < 1.29 is 45.5 Å². The van der Waals surface area contributed by atoms with E-state index >= 15 is 0 Å². The van der Waals surface area contributed by atoms with E-state index in [0.29, 0.717) is 0 Å². The van der Waals surface area contributed by atoms with Crippen molar-refractivity contribution >= 4 is 0 Å². The van der Waals surface area contributed by atoms with Crippen LogP contribution in [0.15, 0.2) is 0 Å². The molecule has 0 aromatic heterocycles. The standard InChI is InChI=1S/Ce.NO3.5H2O/c;2-1(3)4;;;;;/h;;5*1H2/q+6;-1;;;;;/p-5. The normalized spacial score (nSPS) is 18.9. The van der Waals surface area contributed by atoms with Crippen LogP contribution in [0, 0.1) is 42.9 Å². The van der Waals surface area contributed by atoms with Crippen molar-refractivity contribution in [2.24, 2.45) is 0 Å². The Balaban J connectivity index is 4.59. The molecule has 0 aromatic rings. The second kappa shape index (κ2) is 1.75. The molecule has 0 unspecified atom stereocenters. The minimum atomic E-state index is -8.81. The van der Waals surface area contributed by atoms with Crippen LogP contribution in [-0.4, -0.2) is 11.7 Å². The van der Waals surface area contributed by atoms with Crippen LogP contribution in [-0.2, 0) is 1.05 Å². The van der Waals surface area contributed by atoms with Gasteiger partial charge in [0.1, 0.15) is 0 Å². The molecule has 0 radical (unpaired) electrons. The summed E-state index contributed by atoms with van der Waals surface area (Å²) < 4.78 is 42.0. The van der Waals surface area contributed by atoms with Gasteiger partial charge in [-0.2, -0.15) is 0 Å². The Morgan fingerprint density at radius 2 is 1.50 bits per heavy atom. The zero-order valence-electron chi connectivity index (χ0n) is 4.41. The fourth-order valence-electron chi connectivity index (χ4n) is 0.167. The fourth-order valence-corrected chi connectivity index (χ4v) is 1.21. The van der Waals surface area contributed by atoms with E-state index in [-0.39, 0.29) is 0 Å². The van der Waals surface area contributed by atoms with Crippen LogP contribution in [0.2, 0.25) is 0 Å². The summed E-state index contributed by atoms with van der Waals surface area (Å²) in [5, 5.41) is 7.33. The van der Waals surface area contributed by atoms with Crippen molar-refractivity contribution in [3.63, 3.8) is 0 Å². The summed E-state index contributed by atoms with van der Waals surface area (Å²) in [5.41, 5.74) is 0. The summed E-state index contributed by atoms with van der Waals surface area (Å²) in [4.78, 5) is 9.26. The molecular formula is H5CeNO8. The quantitative estimate of drug-likeness (QED) is 0.264. The van der Waals surface area contributed by atoms with E-state index in [9.17, 15) is 10.1 Å². The van der Waals surface area contributed by atoms with Gasteiger partial charge in [-0.15, -0.1) is 0 Å². The minimum absolute atomic E-state index is 1.93. The Kier molecular flexibility index (Phi) is 1.82. The number of hydrogen-bond donors (Lipinski definition) is 5. The first-order valence-corrected chi connectivity index (χ1v) is 10.2. The Morgan fingerprint density at radius 3 is 1.50 bits per heavy atom. The van der Waals surface area contributed by atoms with E-state index in [1.807, 2.05) is 0 Å². The summed E-state index contributed by atoms with van der Waals surface area (Å²) in [6.07, 6.45) is 0. The molecule has 0 saturated heterocycles. The molecule has 5 N–H and O–H groups in total. The van der Waals surface area contributed by atoms with E-state index in [2.05, 4.69) is 1.05 Å². The summed E-state index contributed by atoms with van der Waals surface area (Å²) >= 11 is -8.81. The molecule has 0 aliphatic carbocycles. The van der Waals surface area contributed by atoms with Gasteiger partial charge in [0.15, 0.2) is 0 Å². The number of hydrogen-bond acceptors (Lipinski definition) is 8. The molecular weight excluding hydrogens is 282 g/mol. The first-order valence-electron chi connectivity index (χ1n) is 1.87. The third-order valence-corrected chi connectivity index (χ3v) is 2.03. The van der Waals surface area contributed by atoms with Crippen molar-refractivity contribution in [3.8, 4) is 0 Å². The second-order valence-electron chi connectivity index (χ2n) is 1.77. The van der Waals surface area contributed by atoms with Gasteiger partial charge in [0, 0.05) is 0 Å². The zero-order chi connectivity index (χ0) is 8.69. The number of rotatable bonds is 2. The molecule has 0 aliphatic heterocycles. The summed E-state index contributed by atoms with van der Waals surface area (Å²) in [6.45, 7) is 0. The average molecular weight is 287 g/mol. The van der Waals surface area contributed by atoms with Gasteiger partial charge in [0.05, 0.1) is 0 Å². The van der Waals surface area contributed by atoms with Crippen LogP contribution < -0.4 is 0 Å². The van der Waals surface area contributed by atoms with Crippen LogP contribution in [0.3, 0.4) is 0 Å². The van der Waals surface area contributed by atoms with Gasteiger partial charge in [-0.05, 0) is 0 Å². The van der Waals surface area contributed by atoms with Crippen molar-refractivity contribution in [1.29, 1.82) is 0 Å². The maximum atomic E-state index is 9.26. The SMILES string of the molecule is O=[N+]([O-])[O][Ce]([OH])([OH])([OH])([OH])[OH]. The topological polar surface area (TPSA) is 154 Å². The van der Waals surface area contributed by atoms with Crippen LogP contribution >= 0.6 is 0 Å². The Morgan fingerprint density at radius 1 is 1.20 bits per heavy atom. The third kappa shape index (κ3) is 8.38. The molecule has 0 fully saturated rings. The van der Waals surface area contributed by atoms with Crippen LogP contribution in [0.4, 0.5) is 0 Å². The van der Waals surface area contributed by atoms with Crippen LogP contribution in [0.1, 0.15) is 0 Å². The molecule has 0 saturated carbocycles. The van der Waals surface area contributed by atoms with Crippen molar-refractivity contribution in [2.75, 3.05) is 0 Å². The Bertz CT molecular complexity index is 157. The summed E-state index contributed by atoms with van der Waals surface area (Å²) in [6, 6.07) is 0. The summed E-state index contributed by atoms with van der Waals surface area (Å²) in [7, 11) is 0. The van der Waals surface area contributed by atoms with Gasteiger partial charge in [-0.1, -0.05) is 0 Å². The van der Waals surface area contributed by atoms with E-state index in [4.69, 9.17) is 6.61 Å². The van der Waals surface area contributed by atoms with Gasteiger partial charge in [0.25, 0.3) is 0 Å². The third-order valence-electron chi connectivity index (χ3n) is 0.279. The van der Waals surface area contributed by atoms with Crippen molar-refractivity contribution in [1.82, 2.24) is 0 Å². The van der Waals surface area contributed by atoms with Gasteiger partial charge in [-0.25, -0.2) is 0 Å². The molecule has 10 heavy (non-hydrogen) atoms. The molecule has 10 heteroatoms. The molecule has 0 amide bonds. The van der Waals surface area contributed by atoms with E-state index in [1.54, 1.807) is 0 Å². The first kappa shape index (κ1) is 10.4. The molecule has 0 spiro atoms. The average Bonchev–Trinajstić information content (AvgIpc) is 1.12. The molecule has 0 bridgehead atoms. The van der Waals surface area contributed by atoms with Gasteiger partial charge < -0.3 is 0 Å². The molecule has 0 rings (SSSR count). The second-order valence-corrected chi connectivity index (χ2v) is 11.5. The monoisotopic (exact) mass is 287 g/mol. The molecule has 0 atom stereocenters. The van der Waals surface area contributed by atoms with E-state index in [0.717, 1.165) is 0 Å². The predicted octanol–water partition coefficient (Wildman–Crippen LogP) is -3.13. The first-order chi connectivity index (χ1) is 3.89. The van der Waals surface area contributed by atoms with Crippen molar-refractivity contribution in [2.45, 2.75) is 0 Å². The summed E-state index contributed by atoms with van der Waals surface area (Å²) in [5.74, 6) is 0. The fraction of sp³-hybridized carbons (Fsp3) is 0. The Hall–Kier alpha value is 0.377. The van der Waals surface area contributed by atoms with Gasteiger partial charge in [0.2, 0.25) is 0 Å².